The molecule has 11 atom stereocenters. The first kappa shape index (κ1) is 27.4. The Balaban J connectivity index is 1.54. The van der Waals surface area contributed by atoms with Crippen LogP contribution in [0.1, 0.15) is 99.3 Å². The Morgan fingerprint density at radius 3 is 2.23 bits per heavy atom. The van der Waals surface area contributed by atoms with E-state index in [1.807, 2.05) is 0 Å². The Labute approximate surface area is 213 Å². The molecule has 0 aromatic rings. The first-order valence-electron chi connectivity index (χ1n) is 14.2. The van der Waals surface area contributed by atoms with E-state index in [-0.39, 0.29) is 47.2 Å². The third-order valence-electron chi connectivity index (χ3n) is 11.5. The summed E-state index contributed by atoms with van der Waals surface area (Å²) in [5, 5.41) is 21.6. The van der Waals surface area contributed by atoms with Crippen LogP contribution in [-0.2, 0) is 14.8 Å². The van der Waals surface area contributed by atoms with Crippen LogP contribution in [0.2, 0.25) is 0 Å². The topological polar surface area (TPSA) is 104 Å². The average Bonchev–Trinajstić information content (AvgIpc) is 3.12. The first-order chi connectivity index (χ1) is 16.3. The maximum atomic E-state index is 12.6. The van der Waals surface area contributed by atoms with Crippen LogP contribution in [0.15, 0.2) is 0 Å². The van der Waals surface area contributed by atoms with Crippen molar-refractivity contribution in [3.8, 4) is 0 Å². The van der Waals surface area contributed by atoms with Gasteiger partial charge in [0, 0.05) is 6.42 Å². The van der Waals surface area contributed by atoms with Gasteiger partial charge in [-0.15, -0.1) is 0 Å². The lowest BCUT2D eigenvalue weighted by molar-refractivity contribution is -0.203. The summed E-state index contributed by atoms with van der Waals surface area (Å²) < 4.78 is 26.6. The molecule has 4 aliphatic carbocycles. The monoisotopic (exact) mass is 511 g/mol. The summed E-state index contributed by atoms with van der Waals surface area (Å²) in [6, 6.07) is 0. The molecule has 4 fully saturated rings. The van der Waals surface area contributed by atoms with Crippen molar-refractivity contribution in [2.45, 2.75) is 117 Å². The van der Waals surface area contributed by atoms with E-state index in [1.165, 1.54) is 0 Å². The van der Waals surface area contributed by atoms with Crippen LogP contribution in [0.25, 0.3) is 0 Å². The van der Waals surface area contributed by atoms with Gasteiger partial charge in [-0.25, -0.2) is 8.42 Å². The molecule has 4 saturated carbocycles. The lowest BCUT2D eigenvalue weighted by Crippen LogP contribution is -2.62. The lowest BCUT2D eigenvalue weighted by atomic mass is 9.41. The molecule has 0 aliphatic heterocycles. The van der Waals surface area contributed by atoms with Crippen molar-refractivity contribution in [3.63, 3.8) is 0 Å². The number of aliphatic hydroxyl groups excluding tert-OH is 2. The van der Waals surface area contributed by atoms with Gasteiger partial charge >= 0.3 is 0 Å². The number of carbonyl (C=O) groups is 1. The average molecular weight is 512 g/mol. The zero-order valence-electron chi connectivity index (χ0n) is 22.7. The second-order valence-electron chi connectivity index (χ2n) is 13.4. The number of hydrogen-bond donors (Lipinski definition) is 3. The van der Waals surface area contributed by atoms with E-state index < -0.39 is 21.2 Å². The van der Waals surface area contributed by atoms with Crippen LogP contribution >= 0.6 is 0 Å². The molecule has 0 aromatic heterocycles. The second-order valence-corrected chi connectivity index (χ2v) is 15.7. The largest absolute Gasteiger partial charge is 0.393 e. The Morgan fingerprint density at radius 1 is 0.971 bits per heavy atom. The van der Waals surface area contributed by atoms with Gasteiger partial charge in [0.25, 0.3) is 0 Å². The highest BCUT2D eigenvalue weighted by molar-refractivity contribution is 7.90. The van der Waals surface area contributed by atoms with E-state index in [9.17, 15) is 23.4 Å². The van der Waals surface area contributed by atoms with Crippen LogP contribution in [0.4, 0.5) is 0 Å². The molecule has 0 heterocycles. The van der Waals surface area contributed by atoms with Gasteiger partial charge in [-0.2, -0.15) is 0 Å². The van der Waals surface area contributed by atoms with E-state index in [1.54, 1.807) is 13.8 Å². The minimum absolute atomic E-state index is 0.0639. The molecular formula is C28H49NO5S. The molecule has 3 N–H and O–H groups in total. The zero-order chi connectivity index (χ0) is 25.9. The molecule has 0 spiro atoms. The van der Waals surface area contributed by atoms with Crippen molar-refractivity contribution in [1.82, 2.24) is 4.72 Å². The number of hydrogen-bond acceptors (Lipinski definition) is 5. The first-order valence-corrected chi connectivity index (χ1v) is 15.7. The highest BCUT2D eigenvalue weighted by Crippen LogP contribution is 2.69. The number of rotatable bonds is 6. The summed E-state index contributed by atoms with van der Waals surface area (Å²) >= 11 is 0. The molecule has 4 rings (SSSR count). The van der Waals surface area contributed by atoms with E-state index in [0.717, 1.165) is 51.4 Å². The van der Waals surface area contributed by atoms with Gasteiger partial charge in [0.1, 0.15) is 0 Å². The quantitative estimate of drug-likeness (QED) is 0.487. The zero-order valence-corrected chi connectivity index (χ0v) is 23.5. The molecule has 0 aromatic carbocycles. The minimum Gasteiger partial charge on any atom is -0.393 e. The van der Waals surface area contributed by atoms with Crippen molar-refractivity contribution >= 4 is 15.9 Å². The molecule has 1 amide bonds. The smallest absolute Gasteiger partial charge is 0.237 e. The molecule has 1 unspecified atom stereocenters. The van der Waals surface area contributed by atoms with Crippen LogP contribution in [0.5, 0.6) is 0 Å². The van der Waals surface area contributed by atoms with Crippen LogP contribution < -0.4 is 4.72 Å². The highest BCUT2D eigenvalue weighted by atomic mass is 32.2. The molecular weight excluding hydrogens is 462 g/mol. The fourth-order valence-electron chi connectivity index (χ4n) is 9.69. The van der Waals surface area contributed by atoms with Gasteiger partial charge in [0.05, 0.1) is 17.5 Å². The van der Waals surface area contributed by atoms with Gasteiger partial charge in [-0.1, -0.05) is 34.1 Å². The molecule has 202 valence electrons. The normalized spacial score (nSPS) is 46.4. The van der Waals surface area contributed by atoms with Gasteiger partial charge in [-0.05, 0) is 111 Å². The molecule has 0 saturated heterocycles. The van der Waals surface area contributed by atoms with E-state index in [2.05, 4.69) is 32.4 Å². The highest BCUT2D eigenvalue weighted by Gasteiger charge is 2.64. The third-order valence-corrected chi connectivity index (χ3v) is 13.3. The minimum atomic E-state index is -3.61. The van der Waals surface area contributed by atoms with Crippen molar-refractivity contribution in [1.29, 1.82) is 0 Å². The molecule has 6 nitrogen and oxygen atoms in total. The summed E-state index contributed by atoms with van der Waals surface area (Å²) in [4.78, 5) is 12.6. The Hall–Kier alpha value is -0.660. The van der Waals surface area contributed by atoms with Crippen molar-refractivity contribution in [2.75, 3.05) is 0 Å². The number of carbonyl (C=O) groups excluding carboxylic acids is 1. The summed E-state index contributed by atoms with van der Waals surface area (Å²) in [5.74, 6) is 1.89. The standard InChI is InChI=1S/C28H49NO5S/c1-7-19-23-15-18(30)10-12-28(23,6)22-11-13-27(5)20(8-9-21(27)25(22)26(19)32)17(4)14-24(31)29-35(33,34)16(2)3/h16-23,25-26,30,32H,7-15H2,1-6H3,(H,29,31)/t17?,18-,19-,20-,21+,22+,23+,25+,26-,27-,28-/m1/s1. The van der Waals surface area contributed by atoms with E-state index in [0.29, 0.717) is 23.7 Å². The van der Waals surface area contributed by atoms with Gasteiger partial charge in [-0.3, -0.25) is 9.52 Å². The Morgan fingerprint density at radius 2 is 1.60 bits per heavy atom. The maximum Gasteiger partial charge on any atom is 0.237 e. The fourth-order valence-corrected chi connectivity index (χ4v) is 10.3. The van der Waals surface area contributed by atoms with E-state index >= 15 is 0 Å². The Kier molecular flexibility index (Phi) is 7.49. The summed E-state index contributed by atoms with van der Waals surface area (Å²) in [5.41, 5.74) is 0.244. The predicted octanol–water partition coefficient (Wildman–Crippen LogP) is 4.49. The van der Waals surface area contributed by atoms with Crippen LogP contribution in [0.3, 0.4) is 0 Å². The number of sulfonamides is 1. The third kappa shape index (κ3) is 4.50. The summed E-state index contributed by atoms with van der Waals surface area (Å²) in [6.07, 6.45) is 7.69. The molecule has 0 bridgehead atoms. The summed E-state index contributed by atoms with van der Waals surface area (Å²) in [7, 11) is -3.61. The second kappa shape index (κ2) is 9.58. The Bertz CT molecular complexity index is 905. The van der Waals surface area contributed by atoms with Crippen LogP contribution in [0, 0.1) is 52.3 Å². The number of fused-ring (bicyclic) bond motifs is 5. The number of amides is 1. The van der Waals surface area contributed by atoms with Crippen molar-refractivity contribution in [3.05, 3.63) is 0 Å². The van der Waals surface area contributed by atoms with Gasteiger partial charge in [0.2, 0.25) is 15.9 Å². The predicted molar refractivity (Wildman–Crippen MR) is 138 cm³/mol. The van der Waals surface area contributed by atoms with Crippen molar-refractivity contribution in [2.24, 2.45) is 52.3 Å². The summed E-state index contributed by atoms with van der Waals surface area (Å²) in [6.45, 7) is 12.3. The van der Waals surface area contributed by atoms with Crippen LogP contribution in [-0.4, -0.2) is 42.0 Å². The maximum absolute atomic E-state index is 12.6. The SMILES string of the molecule is CC[C@H]1[C@@H](O)[C@@H]2[C@H](CC[C@]3(C)[C@@H](C(C)CC(=O)NS(=O)(=O)C(C)C)CC[C@@H]23)[C@@]2(C)CC[C@@H](O)C[C@@H]12. The number of aliphatic hydroxyl groups is 2. The van der Waals surface area contributed by atoms with Crippen molar-refractivity contribution < 1.29 is 23.4 Å². The fraction of sp³-hybridized carbons (Fsp3) is 0.964. The molecule has 35 heavy (non-hydrogen) atoms. The molecule has 7 heteroatoms. The molecule has 4 aliphatic rings. The lowest BCUT2D eigenvalue weighted by Gasteiger charge is -2.64. The van der Waals surface area contributed by atoms with E-state index in [4.69, 9.17) is 0 Å². The van der Waals surface area contributed by atoms with Gasteiger partial charge in [0.15, 0.2) is 0 Å². The number of nitrogens with one attached hydrogen (secondary N) is 1. The molecule has 0 radical (unpaired) electrons. The van der Waals surface area contributed by atoms with Gasteiger partial charge < -0.3 is 10.2 Å².